The molecule has 0 bridgehead atoms. The Morgan fingerprint density at radius 3 is 2.84 bits per heavy atom. The molecule has 2 heterocycles. The highest BCUT2D eigenvalue weighted by Crippen LogP contribution is 2.12. The summed E-state index contributed by atoms with van der Waals surface area (Å²) < 4.78 is 9.80. The van der Waals surface area contributed by atoms with Gasteiger partial charge in [-0.3, -0.25) is 9.59 Å². The number of rotatable bonds is 5. The molecule has 0 unspecified atom stereocenters. The summed E-state index contributed by atoms with van der Waals surface area (Å²) in [4.78, 5) is 42.3. The predicted molar refractivity (Wildman–Crippen MR) is 91.5 cm³/mol. The van der Waals surface area contributed by atoms with Crippen LogP contribution < -0.4 is 5.56 Å². The van der Waals surface area contributed by atoms with Crippen LogP contribution in [0.5, 0.6) is 0 Å². The van der Waals surface area contributed by atoms with Crippen molar-refractivity contribution in [1.29, 1.82) is 0 Å². The zero-order valence-electron chi connectivity index (χ0n) is 13.3. The quantitative estimate of drug-likeness (QED) is 0.701. The average Bonchev–Trinajstić information content (AvgIpc) is 3.11. The van der Waals surface area contributed by atoms with E-state index in [2.05, 4.69) is 14.7 Å². The number of fused-ring (bicyclic) bond motifs is 1. The van der Waals surface area contributed by atoms with Gasteiger partial charge in [0.2, 0.25) is 0 Å². The molecule has 3 aromatic rings. The second-order valence-electron chi connectivity index (χ2n) is 5.21. The molecule has 1 aromatic carbocycles. The summed E-state index contributed by atoms with van der Waals surface area (Å²) in [6.07, 6.45) is 0.161. The molecule has 0 fully saturated rings. The molecule has 0 atom stereocenters. The second-order valence-corrected chi connectivity index (χ2v) is 5.99. The van der Waals surface area contributed by atoms with Crippen molar-refractivity contribution in [2.45, 2.75) is 13.0 Å². The summed E-state index contributed by atoms with van der Waals surface area (Å²) in [6.45, 7) is -0.156. The van der Waals surface area contributed by atoms with E-state index in [9.17, 15) is 14.4 Å². The van der Waals surface area contributed by atoms with Gasteiger partial charge in [0, 0.05) is 0 Å². The van der Waals surface area contributed by atoms with Crippen LogP contribution in [0.15, 0.2) is 39.8 Å². The van der Waals surface area contributed by atoms with Crippen molar-refractivity contribution in [1.82, 2.24) is 9.97 Å². The maximum absolute atomic E-state index is 12.1. The van der Waals surface area contributed by atoms with Gasteiger partial charge >= 0.3 is 11.9 Å². The summed E-state index contributed by atoms with van der Waals surface area (Å²) in [7, 11) is 1.27. The van der Waals surface area contributed by atoms with Crippen molar-refractivity contribution in [2.75, 3.05) is 7.11 Å². The first-order valence-corrected chi connectivity index (χ1v) is 8.29. The zero-order valence-corrected chi connectivity index (χ0v) is 14.1. The number of hydrogen-bond acceptors (Lipinski definition) is 7. The molecule has 0 amide bonds. The third kappa shape index (κ3) is 3.92. The van der Waals surface area contributed by atoms with Crippen molar-refractivity contribution in [3.05, 3.63) is 62.3 Å². The maximum Gasteiger partial charge on any atom is 0.337 e. The number of aromatic nitrogens is 2. The van der Waals surface area contributed by atoms with E-state index in [4.69, 9.17) is 4.74 Å². The molecule has 3 rings (SSSR count). The number of H-pyrrole nitrogens is 1. The van der Waals surface area contributed by atoms with Crippen molar-refractivity contribution in [3.63, 3.8) is 0 Å². The Bertz CT molecular complexity index is 978. The third-order valence-electron chi connectivity index (χ3n) is 3.48. The SMILES string of the molecule is COC(=O)c1ccc2c(=O)[nH]c(COC(=O)Cc3ccsc3)nc2c1. The van der Waals surface area contributed by atoms with Crippen LogP contribution in [-0.2, 0) is 27.3 Å². The van der Waals surface area contributed by atoms with Crippen LogP contribution in [0, 0.1) is 0 Å². The lowest BCUT2D eigenvalue weighted by molar-refractivity contribution is -0.144. The fraction of sp³-hybridized carbons (Fsp3) is 0.176. The number of carbonyl (C=O) groups excluding carboxylic acids is 2. The third-order valence-corrected chi connectivity index (χ3v) is 4.21. The standard InChI is InChI=1S/C17H14N2O5S/c1-23-17(22)11-2-3-12-13(7-11)18-14(19-16(12)21)8-24-15(20)6-10-4-5-25-9-10/h2-5,7,9H,6,8H2,1H3,(H,18,19,21). The number of hydrogen-bond donors (Lipinski definition) is 1. The number of methoxy groups -OCH3 is 1. The second kappa shape index (κ2) is 7.27. The number of nitrogens with one attached hydrogen (secondary N) is 1. The Labute approximate surface area is 146 Å². The predicted octanol–water partition coefficient (Wildman–Crippen LogP) is 2.06. The number of ether oxygens (including phenoxy) is 2. The molecule has 8 heteroatoms. The molecule has 0 aliphatic heterocycles. The summed E-state index contributed by atoms with van der Waals surface area (Å²) in [6, 6.07) is 6.30. The van der Waals surface area contributed by atoms with E-state index in [1.54, 1.807) is 0 Å². The van der Waals surface area contributed by atoms with Gasteiger partial charge in [-0.15, -0.1) is 0 Å². The van der Waals surface area contributed by atoms with Gasteiger partial charge in [0.05, 0.1) is 30.0 Å². The normalized spacial score (nSPS) is 10.6. The van der Waals surface area contributed by atoms with Crippen LogP contribution in [-0.4, -0.2) is 29.0 Å². The van der Waals surface area contributed by atoms with Crippen LogP contribution in [0.3, 0.4) is 0 Å². The van der Waals surface area contributed by atoms with Gasteiger partial charge in [0.15, 0.2) is 0 Å². The smallest absolute Gasteiger partial charge is 0.337 e. The Morgan fingerprint density at radius 1 is 1.28 bits per heavy atom. The molecule has 2 aromatic heterocycles. The summed E-state index contributed by atoms with van der Waals surface area (Å²) in [5.74, 6) is -0.727. The van der Waals surface area contributed by atoms with Gasteiger partial charge in [-0.1, -0.05) is 0 Å². The molecule has 7 nitrogen and oxygen atoms in total. The molecule has 0 aliphatic carbocycles. The van der Waals surface area contributed by atoms with Gasteiger partial charge in [0.25, 0.3) is 5.56 Å². The minimum Gasteiger partial charge on any atom is -0.465 e. The summed E-state index contributed by atoms with van der Waals surface area (Å²) in [5.41, 5.74) is 1.12. The van der Waals surface area contributed by atoms with Gasteiger partial charge in [-0.05, 0) is 40.6 Å². The van der Waals surface area contributed by atoms with Crippen molar-refractivity contribution in [3.8, 4) is 0 Å². The minimum atomic E-state index is -0.521. The minimum absolute atomic E-state index is 0.156. The van der Waals surface area contributed by atoms with Crippen LogP contribution in [0.4, 0.5) is 0 Å². The van der Waals surface area contributed by atoms with Crippen LogP contribution in [0.25, 0.3) is 10.9 Å². The number of benzene rings is 1. The van der Waals surface area contributed by atoms with Crippen molar-refractivity contribution in [2.24, 2.45) is 0 Å². The molecule has 0 saturated carbocycles. The van der Waals surface area contributed by atoms with E-state index < -0.39 is 11.9 Å². The highest BCUT2D eigenvalue weighted by atomic mass is 32.1. The van der Waals surface area contributed by atoms with E-state index in [0.29, 0.717) is 10.9 Å². The molecule has 0 spiro atoms. The highest BCUT2D eigenvalue weighted by Gasteiger charge is 2.11. The first-order chi connectivity index (χ1) is 12.1. The molecule has 0 aliphatic rings. The van der Waals surface area contributed by atoms with Gasteiger partial charge in [0.1, 0.15) is 12.4 Å². The van der Waals surface area contributed by atoms with E-state index in [0.717, 1.165) is 5.56 Å². The topological polar surface area (TPSA) is 98.4 Å². The van der Waals surface area contributed by atoms with Crippen LogP contribution in [0.2, 0.25) is 0 Å². The Balaban J connectivity index is 1.78. The number of aromatic amines is 1. The lowest BCUT2D eigenvalue weighted by Gasteiger charge is -2.06. The number of esters is 2. The summed E-state index contributed by atoms with van der Waals surface area (Å²) >= 11 is 1.50. The van der Waals surface area contributed by atoms with Crippen molar-refractivity contribution >= 4 is 34.2 Å². The van der Waals surface area contributed by atoms with E-state index >= 15 is 0 Å². The maximum atomic E-state index is 12.1. The Hall–Kier alpha value is -3.00. The fourth-order valence-electron chi connectivity index (χ4n) is 2.26. The van der Waals surface area contributed by atoms with Gasteiger partial charge in [-0.25, -0.2) is 9.78 Å². The number of carbonyl (C=O) groups is 2. The zero-order chi connectivity index (χ0) is 17.8. The molecular weight excluding hydrogens is 344 g/mol. The lowest BCUT2D eigenvalue weighted by Crippen LogP contribution is -2.15. The van der Waals surface area contributed by atoms with E-state index in [1.165, 1.54) is 36.6 Å². The summed E-state index contributed by atoms with van der Waals surface area (Å²) in [5, 5.41) is 4.08. The fourth-order valence-corrected chi connectivity index (χ4v) is 2.93. The number of nitrogens with zero attached hydrogens (tertiary/aromatic N) is 1. The molecule has 128 valence electrons. The first-order valence-electron chi connectivity index (χ1n) is 7.35. The molecule has 0 saturated heterocycles. The number of thiophene rings is 1. The van der Waals surface area contributed by atoms with Crippen LogP contribution >= 0.6 is 11.3 Å². The molecule has 25 heavy (non-hydrogen) atoms. The lowest BCUT2D eigenvalue weighted by atomic mass is 10.1. The van der Waals surface area contributed by atoms with Gasteiger partial charge in [-0.2, -0.15) is 11.3 Å². The first kappa shape index (κ1) is 16.8. The Morgan fingerprint density at radius 2 is 2.12 bits per heavy atom. The van der Waals surface area contributed by atoms with Gasteiger partial charge < -0.3 is 14.5 Å². The molecule has 1 N–H and O–H groups in total. The van der Waals surface area contributed by atoms with E-state index in [-0.39, 0.29) is 30.0 Å². The monoisotopic (exact) mass is 358 g/mol. The average molecular weight is 358 g/mol. The van der Waals surface area contributed by atoms with Crippen LogP contribution in [0.1, 0.15) is 21.7 Å². The van der Waals surface area contributed by atoms with E-state index in [1.807, 2.05) is 16.8 Å². The molecule has 0 radical (unpaired) electrons. The van der Waals surface area contributed by atoms with Crippen molar-refractivity contribution < 1.29 is 19.1 Å². The Kier molecular flexibility index (Phi) is 4.90. The highest BCUT2D eigenvalue weighted by molar-refractivity contribution is 7.07. The largest absolute Gasteiger partial charge is 0.465 e. The molecular formula is C17H14N2O5S.